The summed E-state index contributed by atoms with van der Waals surface area (Å²) in [5.41, 5.74) is 2.17. The molecule has 9 heteroatoms. The summed E-state index contributed by atoms with van der Waals surface area (Å²) >= 11 is 1.16. The van der Waals surface area contributed by atoms with E-state index in [4.69, 9.17) is 0 Å². The number of carbonyl (C=O) groups excluding carboxylic acids is 1. The molecule has 0 saturated heterocycles. The van der Waals surface area contributed by atoms with Crippen molar-refractivity contribution in [1.29, 1.82) is 0 Å². The zero-order valence-corrected chi connectivity index (χ0v) is 19.0. The van der Waals surface area contributed by atoms with Gasteiger partial charge >= 0.3 is 6.18 Å². The molecule has 0 unspecified atom stereocenters. The van der Waals surface area contributed by atoms with E-state index in [1.54, 1.807) is 0 Å². The molecule has 0 radical (unpaired) electrons. The lowest BCUT2D eigenvalue weighted by Gasteiger charge is -2.12. The number of benzene rings is 3. The Morgan fingerprint density at radius 2 is 1.71 bits per heavy atom. The van der Waals surface area contributed by atoms with E-state index in [9.17, 15) is 18.0 Å². The second-order valence-electron chi connectivity index (χ2n) is 7.44. The summed E-state index contributed by atoms with van der Waals surface area (Å²) in [5.74, 6) is 0.142. The van der Waals surface area contributed by atoms with Crippen molar-refractivity contribution >= 4 is 23.4 Å². The van der Waals surface area contributed by atoms with E-state index in [0.29, 0.717) is 11.0 Å². The van der Waals surface area contributed by atoms with Crippen LogP contribution in [-0.4, -0.2) is 26.4 Å². The minimum absolute atomic E-state index is 0.0454. The Bertz CT molecular complexity index is 1270. The molecule has 0 fully saturated rings. The molecule has 0 atom stereocenters. The Labute approximate surface area is 199 Å². The largest absolute Gasteiger partial charge is 0.416 e. The number of carbonyl (C=O) groups is 1. The monoisotopic (exact) mass is 482 g/mol. The summed E-state index contributed by atoms with van der Waals surface area (Å²) in [4.78, 5) is 12.5. The fraction of sp³-hybridized carbons (Fsp3) is 0.160. The molecule has 0 aliphatic heterocycles. The quantitative estimate of drug-likeness (QED) is 0.317. The summed E-state index contributed by atoms with van der Waals surface area (Å²) in [6.07, 6.45) is -3.57. The van der Waals surface area contributed by atoms with Gasteiger partial charge in [-0.2, -0.15) is 13.2 Å². The van der Waals surface area contributed by atoms with Crippen LogP contribution in [0.25, 0.3) is 17.1 Å². The number of halogens is 3. The molecule has 1 aromatic heterocycles. The van der Waals surface area contributed by atoms with Crippen LogP contribution in [0.4, 0.5) is 18.9 Å². The summed E-state index contributed by atoms with van der Waals surface area (Å²) in [7, 11) is 0. The summed E-state index contributed by atoms with van der Waals surface area (Å²) in [6.45, 7) is 2.08. The fourth-order valence-electron chi connectivity index (χ4n) is 3.35. The zero-order chi connectivity index (χ0) is 24.1. The second kappa shape index (κ2) is 10.1. The number of anilines is 1. The molecule has 1 N–H and O–H groups in total. The van der Waals surface area contributed by atoms with E-state index in [-0.39, 0.29) is 11.4 Å². The molecule has 1 amide bonds. The highest BCUT2D eigenvalue weighted by atomic mass is 32.2. The van der Waals surface area contributed by atoms with E-state index >= 15 is 0 Å². The van der Waals surface area contributed by atoms with Crippen LogP contribution in [-0.2, 0) is 17.4 Å². The highest BCUT2D eigenvalue weighted by Gasteiger charge is 2.30. The van der Waals surface area contributed by atoms with Gasteiger partial charge in [0.05, 0.1) is 11.3 Å². The Balaban J connectivity index is 1.56. The molecule has 4 aromatic rings. The number of nitrogens with one attached hydrogen (secondary N) is 1. The van der Waals surface area contributed by atoms with Crippen molar-refractivity contribution < 1.29 is 18.0 Å². The van der Waals surface area contributed by atoms with Crippen LogP contribution in [0.3, 0.4) is 0 Å². The molecule has 34 heavy (non-hydrogen) atoms. The second-order valence-corrected chi connectivity index (χ2v) is 8.39. The summed E-state index contributed by atoms with van der Waals surface area (Å²) in [5, 5.41) is 11.6. The van der Waals surface area contributed by atoms with E-state index in [1.807, 2.05) is 59.2 Å². The van der Waals surface area contributed by atoms with Gasteiger partial charge in [-0.25, -0.2) is 0 Å². The maximum Gasteiger partial charge on any atom is 0.416 e. The Morgan fingerprint density at radius 3 is 2.38 bits per heavy atom. The van der Waals surface area contributed by atoms with Gasteiger partial charge in [-0.05, 0) is 42.3 Å². The minimum Gasteiger partial charge on any atom is -0.325 e. The molecule has 174 valence electrons. The first-order chi connectivity index (χ1) is 16.3. The van der Waals surface area contributed by atoms with Gasteiger partial charge in [0, 0.05) is 16.9 Å². The van der Waals surface area contributed by atoms with Crippen molar-refractivity contribution in [2.75, 3.05) is 11.1 Å². The summed E-state index contributed by atoms with van der Waals surface area (Å²) < 4.78 is 40.7. The third kappa shape index (κ3) is 5.48. The Hall–Kier alpha value is -3.59. The van der Waals surface area contributed by atoms with Gasteiger partial charge in [-0.1, -0.05) is 67.2 Å². The molecule has 5 nitrogen and oxygen atoms in total. The number of hydrogen-bond donors (Lipinski definition) is 1. The van der Waals surface area contributed by atoms with Gasteiger partial charge in [-0.3, -0.25) is 9.36 Å². The van der Waals surface area contributed by atoms with E-state index < -0.39 is 17.6 Å². The van der Waals surface area contributed by atoms with E-state index in [2.05, 4.69) is 22.4 Å². The molecule has 3 aromatic carbocycles. The molecular formula is C25H21F3N4OS. The van der Waals surface area contributed by atoms with Gasteiger partial charge in [0.25, 0.3) is 0 Å². The van der Waals surface area contributed by atoms with Crippen molar-refractivity contribution in [3.8, 4) is 17.1 Å². The SMILES string of the molecule is CCc1ccc(-n2c(SCC(=O)Nc3cccc(C(F)(F)F)c3)nnc2-c2ccccc2)cc1. The standard InChI is InChI=1S/C25H21F3N4OS/c1-2-17-11-13-21(14-12-17)32-23(18-7-4-3-5-8-18)30-31-24(32)34-16-22(33)29-20-10-6-9-19(15-20)25(26,27)28/h3-15H,2,16H2,1H3,(H,29,33). The van der Waals surface area contributed by atoms with Crippen molar-refractivity contribution in [2.45, 2.75) is 24.7 Å². The van der Waals surface area contributed by atoms with E-state index in [0.717, 1.165) is 41.6 Å². The number of nitrogens with zero attached hydrogens (tertiary/aromatic N) is 3. The highest BCUT2D eigenvalue weighted by Crippen LogP contribution is 2.31. The number of aryl methyl sites for hydroxylation is 1. The maximum atomic E-state index is 12.9. The van der Waals surface area contributed by atoms with Gasteiger partial charge in [0.2, 0.25) is 5.91 Å². The van der Waals surface area contributed by atoms with Gasteiger partial charge in [0.15, 0.2) is 11.0 Å². The van der Waals surface area contributed by atoms with Crippen LogP contribution in [0.1, 0.15) is 18.1 Å². The Morgan fingerprint density at radius 1 is 0.971 bits per heavy atom. The number of rotatable bonds is 7. The predicted octanol–water partition coefficient (Wildman–Crippen LogP) is 6.25. The first-order valence-electron chi connectivity index (χ1n) is 10.5. The number of hydrogen-bond acceptors (Lipinski definition) is 4. The van der Waals surface area contributed by atoms with Gasteiger partial charge < -0.3 is 5.32 Å². The molecule has 0 bridgehead atoms. The van der Waals surface area contributed by atoms with Crippen molar-refractivity contribution in [1.82, 2.24) is 14.8 Å². The minimum atomic E-state index is -4.48. The number of amides is 1. The van der Waals surface area contributed by atoms with Gasteiger partial charge in [-0.15, -0.1) is 10.2 Å². The maximum absolute atomic E-state index is 12.9. The average Bonchev–Trinajstić information content (AvgIpc) is 3.27. The third-order valence-electron chi connectivity index (χ3n) is 5.07. The lowest BCUT2D eigenvalue weighted by atomic mass is 10.1. The predicted molar refractivity (Wildman–Crippen MR) is 127 cm³/mol. The van der Waals surface area contributed by atoms with Crippen LogP contribution in [0.2, 0.25) is 0 Å². The number of thioether (sulfide) groups is 1. The van der Waals surface area contributed by atoms with Crippen LogP contribution in [0.5, 0.6) is 0 Å². The molecule has 0 saturated carbocycles. The van der Waals surface area contributed by atoms with Crippen LogP contribution in [0, 0.1) is 0 Å². The molecule has 0 spiro atoms. The molecule has 0 aliphatic rings. The zero-order valence-electron chi connectivity index (χ0n) is 18.2. The lowest BCUT2D eigenvalue weighted by Crippen LogP contribution is -2.15. The van der Waals surface area contributed by atoms with E-state index in [1.165, 1.54) is 17.7 Å². The highest BCUT2D eigenvalue weighted by molar-refractivity contribution is 7.99. The van der Waals surface area contributed by atoms with Crippen molar-refractivity contribution in [3.63, 3.8) is 0 Å². The molecule has 4 rings (SSSR count). The molecular weight excluding hydrogens is 461 g/mol. The lowest BCUT2D eigenvalue weighted by molar-refractivity contribution is -0.137. The van der Waals surface area contributed by atoms with Crippen molar-refractivity contribution in [2.24, 2.45) is 0 Å². The first kappa shape index (κ1) is 23.6. The Kier molecular flexibility index (Phi) is 7.02. The van der Waals surface area contributed by atoms with Crippen LogP contribution < -0.4 is 5.32 Å². The van der Waals surface area contributed by atoms with Crippen LogP contribution in [0.15, 0.2) is 84.0 Å². The smallest absolute Gasteiger partial charge is 0.325 e. The molecule has 1 heterocycles. The van der Waals surface area contributed by atoms with Crippen LogP contribution >= 0.6 is 11.8 Å². The number of alkyl halides is 3. The first-order valence-corrected chi connectivity index (χ1v) is 11.5. The topological polar surface area (TPSA) is 59.8 Å². The van der Waals surface area contributed by atoms with Gasteiger partial charge in [0.1, 0.15) is 0 Å². The number of aromatic nitrogens is 3. The fourth-order valence-corrected chi connectivity index (χ4v) is 4.10. The average molecular weight is 483 g/mol. The normalized spacial score (nSPS) is 11.4. The molecule has 0 aliphatic carbocycles. The summed E-state index contributed by atoms with van der Waals surface area (Å²) in [6, 6.07) is 22.1. The third-order valence-corrected chi connectivity index (χ3v) is 6.00. The van der Waals surface area contributed by atoms with Crippen molar-refractivity contribution in [3.05, 3.63) is 90.0 Å².